The number of nitrogens with one attached hydrogen (secondary N) is 1. The zero-order valence-electron chi connectivity index (χ0n) is 22.7. The van der Waals surface area contributed by atoms with Gasteiger partial charge in [0.1, 0.15) is 5.75 Å². The Morgan fingerprint density at radius 2 is 1.48 bits per heavy atom. The summed E-state index contributed by atoms with van der Waals surface area (Å²) in [6.07, 6.45) is 1.48. The third-order valence-corrected chi connectivity index (χ3v) is 6.68. The van der Waals surface area contributed by atoms with Gasteiger partial charge in [0, 0.05) is 22.9 Å². The zero-order valence-corrected chi connectivity index (χ0v) is 23.5. The number of aromatic nitrogens is 3. The molecular weight excluding hydrogens is 534 g/mol. The van der Waals surface area contributed by atoms with Gasteiger partial charge in [0.25, 0.3) is 5.91 Å². The van der Waals surface area contributed by atoms with Crippen molar-refractivity contribution in [1.29, 1.82) is 0 Å². The lowest BCUT2D eigenvalue weighted by atomic mass is 10.2. The molecule has 1 N–H and O–H groups in total. The normalized spacial score (nSPS) is 10.8. The molecule has 0 spiro atoms. The molecule has 0 atom stereocenters. The molecule has 1 amide bonds. The fraction of sp³-hybridized carbons (Fsp3) is 0.214. The molecule has 0 bridgehead atoms. The topological polar surface area (TPSA) is 118 Å². The van der Waals surface area contributed by atoms with Gasteiger partial charge in [0.15, 0.2) is 34.0 Å². The van der Waals surface area contributed by atoms with Gasteiger partial charge in [0.2, 0.25) is 0 Å². The van der Waals surface area contributed by atoms with E-state index < -0.39 is 0 Å². The van der Waals surface area contributed by atoms with Crippen LogP contribution in [0.4, 0.5) is 0 Å². The van der Waals surface area contributed by atoms with Gasteiger partial charge in [-0.2, -0.15) is 5.10 Å². The number of hydrogen-bond donors (Lipinski definition) is 1. The van der Waals surface area contributed by atoms with Crippen molar-refractivity contribution in [2.75, 3.05) is 41.3 Å². The second-order valence-corrected chi connectivity index (χ2v) is 9.02. The van der Waals surface area contributed by atoms with E-state index >= 15 is 0 Å². The van der Waals surface area contributed by atoms with Crippen molar-refractivity contribution in [2.24, 2.45) is 5.10 Å². The van der Waals surface area contributed by atoms with E-state index in [0.717, 1.165) is 11.3 Å². The Morgan fingerprint density at radius 3 is 2.15 bits per heavy atom. The SMILES string of the molecule is COc1cc(OC)c(OC)cc1/C=N\NC(=O)CSc1nnc(-c2ccc(OC)c(OC)c2)n1-c1ccccc1. The minimum atomic E-state index is -0.323. The monoisotopic (exact) mass is 563 g/mol. The number of thioether (sulfide) groups is 1. The summed E-state index contributed by atoms with van der Waals surface area (Å²) in [5, 5.41) is 13.4. The number of hydrazone groups is 1. The molecule has 0 aliphatic carbocycles. The molecule has 40 heavy (non-hydrogen) atoms. The highest BCUT2D eigenvalue weighted by atomic mass is 32.2. The minimum Gasteiger partial charge on any atom is -0.496 e. The fourth-order valence-corrected chi connectivity index (χ4v) is 4.57. The van der Waals surface area contributed by atoms with Crippen LogP contribution in [0.1, 0.15) is 5.56 Å². The van der Waals surface area contributed by atoms with Crippen LogP contribution < -0.4 is 29.1 Å². The highest BCUT2D eigenvalue weighted by Gasteiger charge is 2.19. The number of ether oxygens (including phenoxy) is 5. The predicted octanol–water partition coefficient (Wildman–Crippen LogP) is 4.22. The summed E-state index contributed by atoms with van der Waals surface area (Å²) in [5.41, 5.74) is 4.77. The van der Waals surface area contributed by atoms with Crippen LogP contribution in [-0.4, -0.2) is 68.2 Å². The van der Waals surface area contributed by atoms with Crippen molar-refractivity contribution in [2.45, 2.75) is 5.16 Å². The summed E-state index contributed by atoms with van der Waals surface area (Å²) in [5.74, 6) is 3.05. The Labute approximate surface area is 236 Å². The third-order valence-electron chi connectivity index (χ3n) is 5.75. The van der Waals surface area contributed by atoms with Crippen molar-refractivity contribution in [3.05, 3.63) is 66.2 Å². The van der Waals surface area contributed by atoms with E-state index in [9.17, 15) is 4.79 Å². The summed E-state index contributed by atoms with van der Waals surface area (Å²) >= 11 is 1.23. The Hall–Kier alpha value is -4.71. The number of hydrogen-bond acceptors (Lipinski definition) is 10. The van der Waals surface area contributed by atoms with Crippen LogP contribution in [0.25, 0.3) is 17.1 Å². The summed E-state index contributed by atoms with van der Waals surface area (Å²) < 4.78 is 28.7. The average molecular weight is 564 g/mol. The van der Waals surface area contributed by atoms with Crippen LogP contribution in [-0.2, 0) is 4.79 Å². The molecule has 4 aromatic rings. The van der Waals surface area contributed by atoms with E-state index in [1.165, 1.54) is 32.2 Å². The molecule has 0 aliphatic rings. The molecule has 0 radical (unpaired) electrons. The summed E-state index contributed by atoms with van der Waals surface area (Å²) in [6.45, 7) is 0. The lowest BCUT2D eigenvalue weighted by molar-refractivity contribution is -0.118. The first-order valence-electron chi connectivity index (χ1n) is 12.0. The second kappa shape index (κ2) is 13.4. The summed E-state index contributed by atoms with van der Waals surface area (Å²) in [7, 11) is 7.77. The molecule has 11 nitrogen and oxygen atoms in total. The standard InChI is InChI=1S/C28H29N5O6S/c1-35-21-12-11-18(13-23(21)37-3)27-31-32-28(33(27)20-9-7-6-8-10-20)40-17-26(34)30-29-16-19-14-24(38-4)25(39-5)15-22(19)36-2/h6-16H,17H2,1-5H3,(H,30,34)/b29-16-. The second-order valence-electron chi connectivity index (χ2n) is 8.08. The lowest BCUT2D eigenvalue weighted by Crippen LogP contribution is -2.20. The third kappa shape index (κ3) is 6.29. The van der Waals surface area contributed by atoms with E-state index in [-0.39, 0.29) is 11.7 Å². The number of carbonyl (C=O) groups is 1. The Balaban J connectivity index is 1.52. The molecule has 0 saturated carbocycles. The zero-order chi connectivity index (χ0) is 28.5. The maximum absolute atomic E-state index is 12.7. The van der Waals surface area contributed by atoms with Gasteiger partial charge in [-0.15, -0.1) is 10.2 Å². The molecule has 3 aromatic carbocycles. The number of methoxy groups -OCH3 is 5. The van der Waals surface area contributed by atoms with Crippen molar-refractivity contribution >= 4 is 23.9 Å². The Kier molecular flexibility index (Phi) is 9.47. The fourth-order valence-electron chi connectivity index (χ4n) is 3.83. The summed E-state index contributed by atoms with van der Waals surface area (Å²) in [6, 6.07) is 18.6. The maximum atomic E-state index is 12.7. The van der Waals surface area contributed by atoms with Crippen molar-refractivity contribution in [3.63, 3.8) is 0 Å². The van der Waals surface area contributed by atoms with Gasteiger partial charge in [0.05, 0.1) is 47.5 Å². The van der Waals surface area contributed by atoms with Crippen LogP contribution in [0.5, 0.6) is 28.7 Å². The molecule has 12 heteroatoms. The van der Waals surface area contributed by atoms with Crippen LogP contribution >= 0.6 is 11.8 Å². The first kappa shape index (κ1) is 28.3. The highest BCUT2D eigenvalue weighted by Crippen LogP contribution is 2.35. The molecule has 4 rings (SSSR count). The van der Waals surface area contributed by atoms with Gasteiger partial charge < -0.3 is 23.7 Å². The van der Waals surface area contributed by atoms with Crippen molar-refractivity contribution in [3.8, 4) is 45.8 Å². The van der Waals surface area contributed by atoms with Gasteiger partial charge in [-0.25, -0.2) is 5.43 Å². The van der Waals surface area contributed by atoms with Crippen LogP contribution in [0.15, 0.2) is 70.9 Å². The van der Waals surface area contributed by atoms with E-state index in [2.05, 4.69) is 20.7 Å². The van der Waals surface area contributed by atoms with Crippen molar-refractivity contribution in [1.82, 2.24) is 20.2 Å². The molecule has 1 heterocycles. The van der Waals surface area contributed by atoms with Crippen LogP contribution in [0.3, 0.4) is 0 Å². The first-order chi connectivity index (χ1) is 19.5. The van der Waals surface area contributed by atoms with Crippen molar-refractivity contribution < 1.29 is 28.5 Å². The van der Waals surface area contributed by atoms with Gasteiger partial charge in [-0.05, 0) is 36.4 Å². The minimum absolute atomic E-state index is 0.0529. The number of rotatable bonds is 12. The van der Waals surface area contributed by atoms with E-state index in [4.69, 9.17) is 23.7 Å². The maximum Gasteiger partial charge on any atom is 0.250 e. The van der Waals surface area contributed by atoms with E-state index in [1.54, 1.807) is 33.5 Å². The van der Waals surface area contributed by atoms with Gasteiger partial charge in [-0.1, -0.05) is 30.0 Å². The Bertz CT molecular complexity index is 1490. The van der Waals surface area contributed by atoms with Gasteiger partial charge in [-0.3, -0.25) is 9.36 Å². The molecule has 0 aliphatic heterocycles. The quantitative estimate of drug-likeness (QED) is 0.154. The predicted molar refractivity (Wildman–Crippen MR) is 152 cm³/mol. The molecule has 1 aromatic heterocycles. The number of nitrogens with zero attached hydrogens (tertiary/aromatic N) is 4. The largest absolute Gasteiger partial charge is 0.496 e. The summed E-state index contributed by atoms with van der Waals surface area (Å²) in [4.78, 5) is 12.7. The average Bonchev–Trinajstić information content (AvgIpc) is 3.43. The van der Waals surface area contributed by atoms with E-state index in [1.807, 2.05) is 53.1 Å². The smallest absolute Gasteiger partial charge is 0.250 e. The van der Waals surface area contributed by atoms with Gasteiger partial charge >= 0.3 is 0 Å². The number of amides is 1. The van der Waals surface area contributed by atoms with Crippen LogP contribution in [0, 0.1) is 0 Å². The first-order valence-corrected chi connectivity index (χ1v) is 13.0. The molecule has 0 unspecified atom stereocenters. The lowest BCUT2D eigenvalue weighted by Gasteiger charge is -2.12. The number of benzene rings is 3. The number of carbonyl (C=O) groups excluding carboxylic acids is 1. The molecular formula is C28H29N5O6S. The highest BCUT2D eigenvalue weighted by molar-refractivity contribution is 7.99. The molecule has 0 saturated heterocycles. The molecule has 208 valence electrons. The number of para-hydroxylation sites is 1. The molecule has 0 fully saturated rings. The Morgan fingerprint density at radius 1 is 0.825 bits per heavy atom. The van der Waals surface area contributed by atoms with Crippen LogP contribution in [0.2, 0.25) is 0 Å². The van der Waals surface area contributed by atoms with E-state index in [0.29, 0.717) is 45.3 Å².